The van der Waals surface area contributed by atoms with Crippen LogP contribution in [0.2, 0.25) is 0 Å². The molecule has 1 fully saturated rings. The van der Waals surface area contributed by atoms with E-state index in [2.05, 4.69) is 15.9 Å². The molecule has 1 aliphatic heterocycles. The quantitative estimate of drug-likeness (QED) is 0.757. The second-order valence-corrected chi connectivity index (χ2v) is 5.42. The molecule has 0 N–H and O–H groups in total. The first-order valence-electron chi connectivity index (χ1n) is 6.19. The lowest BCUT2D eigenvalue weighted by molar-refractivity contribution is -0.185. The summed E-state index contributed by atoms with van der Waals surface area (Å²) in [6.07, 6.45) is -4.14. The van der Waals surface area contributed by atoms with Crippen LogP contribution in [0.3, 0.4) is 0 Å². The maximum Gasteiger partial charge on any atom is 0.471 e. The molecule has 0 saturated carbocycles. The Morgan fingerprint density at radius 2 is 1.81 bits per heavy atom. The smallest absolute Gasteiger partial charge is 0.367 e. The van der Waals surface area contributed by atoms with E-state index in [4.69, 9.17) is 0 Å². The number of halogens is 4. The molecule has 1 aromatic rings. The Morgan fingerprint density at radius 1 is 1.19 bits per heavy atom. The van der Waals surface area contributed by atoms with Crippen LogP contribution in [0.25, 0.3) is 0 Å². The lowest BCUT2D eigenvalue weighted by Gasteiger charge is -2.36. The van der Waals surface area contributed by atoms with E-state index in [0.717, 1.165) is 4.90 Å². The van der Waals surface area contributed by atoms with Crippen molar-refractivity contribution in [1.29, 1.82) is 0 Å². The number of benzene rings is 1. The number of aldehydes is 1. The Balaban J connectivity index is 2.10. The molecule has 114 valence electrons. The van der Waals surface area contributed by atoms with Crippen LogP contribution in [0.15, 0.2) is 22.7 Å². The molecule has 0 radical (unpaired) electrons. The Labute approximate surface area is 127 Å². The second kappa shape index (κ2) is 6.05. The van der Waals surface area contributed by atoms with Crippen molar-refractivity contribution in [3.05, 3.63) is 28.2 Å². The summed E-state index contributed by atoms with van der Waals surface area (Å²) < 4.78 is 37.7. The number of carbonyl (C=O) groups is 2. The summed E-state index contributed by atoms with van der Waals surface area (Å²) in [7, 11) is 0. The van der Waals surface area contributed by atoms with Gasteiger partial charge in [0, 0.05) is 36.3 Å². The zero-order valence-corrected chi connectivity index (χ0v) is 12.4. The number of alkyl halides is 3. The van der Waals surface area contributed by atoms with Crippen molar-refractivity contribution in [2.24, 2.45) is 0 Å². The number of hydrogen-bond donors (Lipinski definition) is 0. The van der Waals surface area contributed by atoms with Gasteiger partial charge in [0.1, 0.15) is 0 Å². The molecule has 21 heavy (non-hydrogen) atoms. The summed E-state index contributed by atoms with van der Waals surface area (Å²) in [6, 6.07) is 5.20. The molecule has 1 aromatic carbocycles. The third-order valence-corrected chi connectivity index (χ3v) is 3.99. The summed E-state index contributed by atoms with van der Waals surface area (Å²) in [5.74, 6) is -1.81. The number of nitrogens with zero attached hydrogens (tertiary/aromatic N) is 2. The molecule has 0 atom stereocenters. The van der Waals surface area contributed by atoms with Gasteiger partial charge >= 0.3 is 12.1 Å². The van der Waals surface area contributed by atoms with Gasteiger partial charge in [0.15, 0.2) is 6.29 Å². The molecular weight excluding hydrogens is 353 g/mol. The van der Waals surface area contributed by atoms with Gasteiger partial charge in [0.05, 0.1) is 5.56 Å². The zero-order chi connectivity index (χ0) is 15.6. The maximum absolute atomic E-state index is 12.4. The van der Waals surface area contributed by atoms with Crippen molar-refractivity contribution in [3.8, 4) is 0 Å². The van der Waals surface area contributed by atoms with Crippen LogP contribution in [0, 0.1) is 0 Å². The van der Waals surface area contributed by atoms with Crippen molar-refractivity contribution in [1.82, 2.24) is 4.90 Å². The van der Waals surface area contributed by atoms with Crippen molar-refractivity contribution >= 4 is 33.8 Å². The maximum atomic E-state index is 12.4. The molecule has 4 nitrogen and oxygen atoms in total. The molecule has 0 spiro atoms. The van der Waals surface area contributed by atoms with E-state index >= 15 is 0 Å². The van der Waals surface area contributed by atoms with E-state index in [9.17, 15) is 22.8 Å². The van der Waals surface area contributed by atoms with Crippen LogP contribution in [0.4, 0.5) is 18.9 Å². The van der Waals surface area contributed by atoms with Gasteiger partial charge in [-0.3, -0.25) is 9.59 Å². The highest BCUT2D eigenvalue weighted by atomic mass is 79.9. The summed E-state index contributed by atoms with van der Waals surface area (Å²) in [6.45, 7) is 0.449. The molecule has 1 amide bonds. The van der Waals surface area contributed by atoms with Gasteiger partial charge in [0.2, 0.25) is 0 Å². The van der Waals surface area contributed by atoms with Crippen molar-refractivity contribution in [2.45, 2.75) is 6.18 Å². The van der Waals surface area contributed by atoms with Gasteiger partial charge in [-0.15, -0.1) is 0 Å². The molecule has 0 unspecified atom stereocenters. The number of carbonyl (C=O) groups excluding carboxylic acids is 2. The van der Waals surface area contributed by atoms with E-state index in [1.165, 1.54) is 0 Å². The first kappa shape index (κ1) is 15.8. The van der Waals surface area contributed by atoms with E-state index in [1.807, 2.05) is 0 Å². The lowest BCUT2D eigenvalue weighted by atomic mass is 10.1. The van der Waals surface area contributed by atoms with E-state index in [1.54, 1.807) is 23.1 Å². The predicted molar refractivity (Wildman–Crippen MR) is 74.4 cm³/mol. The minimum atomic E-state index is -4.84. The normalized spacial score (nSPS) is 16.0. The fourth-order valence-electron chi connectivity index (χ4n) is 2.25. The fourth-order valence-corrected chi connectivity index (χ4v) is 2.70. The Kier molecular flexibility index (Phi) is 4.55. The van der Waals surface area contributed by atoms with E-state index in [0.29, 0.717) is 22.0 Å². The Hall–Kier alpha value is -1.57. The lowest BCUT2D eigenvalue weighted by Crippen LogP contribution is -2.52. The van der Waals surface area contributed by atoms with Crippen LogP contribution >= 0.6 is 15.9 Å². The van der Waals surface area contributed by atoms with E-state index < -0.39 is 12.1 Å². The van der Waals surface area contributed by atoms with Crippen molar-refractivity contribution in [2.75, 3.05) is 31.1 Å². The molecule has 2 rings (SSSR count). The Morgan fingerprint density at radius 3 is 2.33 bits per heavy atom. The Bertz CT molecular complexity index is 555. The standard InChI is InChI=1S/C13H12BrF3N2O2/c14-10-2-1-3-11(9(10)8-20)18-4-6-19(7-5-18)12(21)13(15,16)17/h1-3,8H,4-7H2. The molecule has 0 aliphatic carbocycles. The monoisotopic (exact) mass is 364 g/mol. The van der Waals surface area contributed by atoms with Crippen LogP contribution < -0.4 is 4.90 Å². The van der Waals surface area contributed by atoms with Gasteiger partial charge in [0.25, 0.3) is 0 Å². The minimum absolute atomic E-state index is 0.0246. The van der Waals surface area contributed by atoms with E-state index in [-0.39, 0.29) is 26.2 Å². The fraction of sp³-hybridized carbons (Fsp3) is 0.385. The average Bonchev–Trinajstić information content (AvgIpc) is 2.45. The highest BCUT2D eigenvalue weighted by Crippen LogP contribution is 2.28. The van der Waals surface area contributed by atoms with Gasteiger partial charge in [-0.1, -0.05) is 6.07 Å². The molecule has 0 bridgehead atoms. The average molecular weight is 365 g/mol. The number of hydrogen-bond acceptors (Lipinski definition) is 3. The van der Waals surface area contributed by atoms with Crippen LogP contribution in [0.1, 0.15) is 10.4 Å². The third-order valence-electron chi connectivity index (χ3n) is 3.30. The van der Waals surface area contributed by atoms with Crippen molar-refractivity contribution < 1.29 is 22.8 Å². The first-order valence-corrected chi connectivity index (χ1v) is 6.98. The van der Waals surface area contributed by atoms with Crippen LogP contribution in [0.5, 0.6) is 0 Å². The summed E-state index contributed by atoms with van der Waals surface area (Å²) in [5.41, 5.74) is 1.10. The number of amides is 1. The highest BCUT2D eigenvalue weighted by Gasteiger charge is 2.43. The number of anilines is 1. The SMILES string of the molecule is O=Cc1c(Br)cccc1N1CCN(C(=O)C(F)(F)F)CC1. The van der Waals surface area contributed by atoms with Crippen LogP contribution in [-0.4, -0.2) is 49.4 Å². The topological polar surface area (TPSA) is 40.6 Å². The molecular formula is C13H12BrF3N2O2. The van der Waals surface area contributed by atoms with Crippen LogP contribution in [-0.2, 0) is 4.79 Å². The number of rotatable bonds is 2. The predicted octanol–water partition coefficient (Wildman–Crippen LogP) is 2.47. The minimum Gasteiger partial charge on any atom is -0.367 e. The largest absolute Gasteiger partial charge is 0.471 e. The number of piperazine rings is 1. The summed E-state index contributed by atoms with van der Waals surface area (Å²) in [5, 5.41) is 0. The van der Waals surface area contributed by atoms with Gasteiger partial charge < -0.3 is 9.80 Å². The zero-order valence-electron chi connectivity index (χ0n) is 10.9. The molecule has 1 saturated heterocycles. The van der Waals surface area contributed by atoms with Gasteiger partial charge in [-0.25, -0.2) is 0 Å². The molecule has 1 aliphatic rings. The molecule has 8 heteroatoms. The van der Waals surface area contributed by atoms with Gasteiger partial charge in [-0.2, -0.15) is 13.2 Å². The first-order chi connectivity index (χ1) is 9.84. The van der Waals surface area contributed by atoms with Gasteiger partial charge in [-0.05, 0) is 28.1 Å². The molecule has 0 aromatic heterocycles. The highest BCUT2D eigenvalue weighted by molar-refractivity contribution is 9.10. The van der Waals surface area contributed by atoms with Crippen molar-refractivity contribution in [3.63, 3.8) is 0 Å². The third kappa shape index (κ3) is 3.37. The molecule has 1 heterocycles. The second-order valence-electron chi connectivity index (χ2n) is 4.57. The summed E-state index contributed by atoms with van der Waals surface area (Å²) in [4.78, 5) is 24.9. The summed E-state index contributed by atoms with van der Waals surface area (Å²) >= 11 is 3.26.